The first kappa shape index (κ1) is 13.9. The number of hydrogen-bond acceptors (Lipinski definition) is 3. The van der Waals surface area contributed by atoms with Gasteiger partial charge >= 0.3 is 12.1 Å². The zero-order valence-electron chi connectivity index (χ0n) is 9.98. The lowest BCUT2D eigenvalue weighted by molar-refractivity contribution is -0.136. The highest BCUT2D eigenvalue weighted by Crippen LogP contribution is 2.35. The minimum atomic E-state index is -4.47. The molecule has 1 aromatic carbocycles. The van der Waals surface area contributed by atoms with E-state index in [1.807, 2.05) is 0 Å². The average Bonchev–Trinajstić information content (AvgIpc) is 2.38. The number of halogens is 3. The van der Waals surface area contributed by atoms with Gasteiger partial charge in [-0.2, -0.15) is 13.2 Å². The largest absolute Gasteiger partial charge is 0.477 e. The van der Waals surface area contributed by atoms with Crippen LogP contribution < -0.4 is 5.32 Å². The second kappa shape index (κ2) is 5.20. The van der Waals surface area contributed by atoms with Crippen molar-refractivity contribution in [2.45, 2.75) is 6.18 Å². The van der Waals surface area contributed by atoms with E-state index in [0.717, 1.165) is 12.3 Å². The summed E-state index contributed by atoms with van der Waals surface area (Å²) in [4.78, 5) is 14.2. The number of benzene rings is 1. The molecule has 1 aromatic heterocycles. The van der Waals surface area contributed by atoms with Gasteiger partial charge in [0, 0.05) is 0 Å². The first-order valence-electron chi connectivity index (χ1n) is 5.50. The topological polar surface area (TPSA) is 62.2 Å². The third kappa shape index (κ3) is 3.05. The lowest BCUT2D eigenvalue weighted by atomic mass is 10.1. The number of nitrogens with one attached hydrogen (secondary N) is 1. The second-order valence-corrected chi connectivity index (χ2v) is 3.91. The number of carbonyl (C=O) groups is 1. The maximum atomic E-state index is 12.8. The van der Waals surface area contributed by atoms with Gasteiger partial charge in [-0.25, -0.2) is 9.78 Å². The predicted octanol–water partition coefficient (Wildman–Crippen LogP) is 3.54. The molecule has 0 bridgehead atoms. The number of carboxylic acid groups (broad SMARTS) is 1. The molecule has 20 heavy (non-hydrogen) atoms. The molecule has 0 spiro atoms. The van der Waals surface area contributed by atoms with Crippen molar-refractivity contribution in [2.75, 3.05) is 5.32 Å². The molecule has 2 N–H and O–H groups in total. The van der Waals surface area contributed by atoms with Crippen LogP contribution in [0.25, 0.3) is 0 Å². The molecule has 0 aliphatic rings. The molecule has 0 radical (unpaired) electrons. The maximum Gasteiger partial charge on any atom is 0.418 e. The van der Waals surface area contributed by atoms with E-state index in [1.54, 1.807) is 0 Å². The van der Waals surface area contributed by atoms with Gasteiger partial charge in [-0.05, 0) is 24.3 Å². The molecular formula is C13H9F3N2O2. The fraction of sp³-hybridized carbons (Fsp3) is 0.0769. The van der Waals surface area contributed by atoms with Crippen molar-refractivity contribution in [3.05, 3.63) is 53.9 Å². The van der Waals surface area contributed by atoms with Crippen molar-refractivity contribution in [1.82, 2.24) is 4.98 Å². The van der Waals surface area contributed by atoms with Crippen LogP contribution in [0.3, 0.4) is 0 Å². The van der Waals surface area contributed by atoms with Crippen LogP contribution in [-0.4, -0.2) is 16.1 Å². The molecule has 0 saturated heterocycles. The number of aromatic nitrogens is 1. The van der Waals surface area contributed by atoms with E-state index in [9.17, 15) is 18.0 Å². The van der Waals surface area contributed by atoms with E-state index < -0.39 is 17.7 Å². The zero-order chi connectivity index (χ0) is 14.8. The Morgan fingerprint density at radius 2 is 1.85 bits per heavy atom. The molecule has 0 saturated carbocycles. The van der Waals surface area contributed by atoms with Crippen LogP contribution in [0.15, 0.2) is 42.6 Å². The Morgan fingerprint density at radius 1 is 1.15 bits per heavy atom. The number of para-hydroxylation sites is 1. The number of aromatic carboxylic acids is 1. The number of pyridine rings is 1. The van der Waals surface area contributed by atoms with Crippen molar-refractivity contribution >= 4 is 17.3 Å². The first-order valence-corrected chi connectivity index (χ1v) is 5.50. The predicted molar refractivity (Wildman–Crippen MR) is 65.9 cm³/mol. The van der Waals surface area contributed by atoms with Gasteiger partial charge in [0.15, 0.2) is 0 Å². The molecule has 7 heteroatoms. The van der Waals surface area contributed by atoms with Crippen LogP contribution in [-0.2, 0) is 6.18 Å². The SMILES string of the molecule is O=C(O)c1ccc(Nc2ccccc2C(F)(F)F)cn1. The van der Waals surface area contributed by atoms with E-state index in [1.165, 1.54) is 30.3 Å². The summed E-state index contributed by atoms with van der Waals surface area (Å²) in [5.74, 6) is -1.20. The Labute approximate surface area is 111 Å². The smallest absolute Gasteiger partial charge is 0.418 e. The standard InChI is InChI=1S/C13H9F3N2O2/c14-13(15,16)9-3-1-2-4-10(9)18-8-5-6-11(12(19)20)17-7-8/h1-7,18H,(H,19,20). The Hall–Kier alpha value is -2.57. The molecule has 2 aromatic rings. The quantitative estimate of drug-likeness (QED) is 0.903. The molecular weight excluding hydrogens is 273 g/mol. The summed E-state index contributed by atoms with van der Waals surface area (Å²) in [5, 5.41) is 11.3. The lowest BCUT2D eigenvalue weighted by Gasteiger charge is -2.14. The van der Waals surface area contributed by atoms with Gasteiger partial charge in [0.2, 0.25) is 0 Å². The van der Waals surface area contributed by atoms with Crippen molar-refractivity contribution in [3.8, 4) is 0 Å². The van der Waals surface area contributed by atoms with Crippen molar-refractivity contribution < 1.29 is 23.1 Å². The van der Waals surface area contributed by atoms with Crippen molar-refractivity contribution in [2.24, 2.45) is 0 Å². The normalized spacial score (nSPS) is 11.2. The number of hydrogen-bond donors (Lipinski definition) is 2. The molecule has 1 heterocycles. The Kier molecular flexibility index (Phi) is 3.60. The number of anilines is 2. The van der Waals surface area contributed by atoms with Gasteiger partial charge in [-0.1, -0.05) is 12.1 Å². The molecule has 104 valence electrons. The highest BCUT2D eigenvalue weighted by atomic mass is 19.4. The highest BCUT2D eigenvalue weighted by Gasteiger charge is 2.33. The monoisotopic (exact) mass is 282 g/mol. The van der Waals surface area contributed by atoms with Gasteiger partial charge in [0.05, 0.1) is 23.1 Å². The van der Waals surface area contributed by atoms with Crippen molar-refractivity contribution in [1.29, 1.82) is 0 Å². The van der Waals surface area contributed by atoms with Crippen LogP contribution in [0.5, 0.6) is 0 Å². The van der Waals surface area contributed by atoms with Crippen LogP contribution in [0, 0.1) is 0 Å². The van der Waals surface area contributed by atoms with Crippen molar-refractivity contribution in [3.63, 3.8) is 0 Å². The summed E-state index contributed by atoms with van der Waals surface area (Å²) >= 11 is 0. The molecule has 0 amide bonds. The fourth-order valence-corrected chi connectivity index (χ4v) is 1.59. The molecule has 0 aliphatic heterocycles. The number of alkyl halides is 3. The number of carboxylic acids is 1. The number of nitrogens with zero attached hydrogens (tertiary/aromatic N) is 1. The van der Waals surface area contributed by atoms with Gasteiger partial charge in [-0.3, -0.25) is 0 Å². The zero-order valence-corrected chi connectivity index (χ0v) is 9.98. The number of rotatable bonds is 3. The second-order valence-electron chi connectivity index (χ2n) is 3.91. The molecule has 0 fully saturated rings. The summed E-state index contributed by atoms with van der Waals surface area (Å²) in [5.41, 5.74) is -0.835. The highest BCUT2D eigenvalue weighted by molar-refractivity contribution is 5.85. The van der Waals surface area contributed by atoms with Crippen LogP contribution in [0.2, 0.25) is 0 Å². The molecule has 0 atom stereocenters. The summed E-state index contributed by atoms with van der Waals surface area (Å²) in [6.45, 7) is 0. The van der Waals surface area contributed by atoms with Crippen LogP contribution >= 0.6 is 0 Å². The maximum absolute atomic E-state index is 12.8. The molecule has 0 aliphatic carbocycles. The van der Waals surface area contributed by atoms with E-state index in [2.05, 4.69) is 10.3 Å². The fourth-order valence-electron chi connectivity index (χ4n) is 1.59. The van der Waals surface area contributed by atoms with Gasteiger partial charge in [0.1, 0.15) is 5.69 Å². The van der Waals surface area contributed by atoms with Gasteiger partial charge < -0.3 is 10.4 Å². The first-order chi connectivity index (χ1) is 9.38. The average molecular weight is 282 g/mol. The van der Waals surface area contributed by atoms with Gasteiger partial charge in [-0.15, -0.1) is 0 Å². The van der Waals surface area contributed by atoms with Crippen LogP contribution in [0.1, 0.15) is 16.1 Å². The summed E-state index contributed by atoms with van der Waals surface area (Å²) in [6, 6.07) is 7.57. The molecule has 4 nitrogen and oxygen atoms in total. The summed E-state index contributed by atoms with van der Waals surface area (Å²) < 4.78 is 38.4. The summed E-state index contributed by atoms with van der Waals surface area (Å²) in [6.07, 6.45) is -3.31. The molecule has 2 rings (SSSR count). The van der Waals surface area contributed by atoms with Gasteiger partial charge in [0.25, 0.3) is 0 Å². The Morgan fingerprint density at radius 3 is 2.40 bits per heavy atom. The van der Waals surface area contributed by atoms with E-state index in [-0.39, 0.29) is 17.1 Å². The lowest BCUT2D eigenvalue weighted by Crippen LogP contribution is -2.08. The minimum Gasteiger partial charge on any atom is -0.477 e. The van der Waals surface area contributed by atoms with E-state index >= 15 is 0 Å². The third-order valence-electron chi connectivity index (χ3n) is 2.49. The molecule has 0 unspecified atom stereocenters. The summed E-state index contributed by atoms with van der Waals surface area (Å²) in [7, 11) is 0. The van der Waals surface area contributed by atoms with E-state index in [0.29, 0.717) is 0 Å². The Balaban J connectivity index is 2.28. The third-order valence-corrected chi connectivity index (χ3v) is 2.49. The van der Waals surface area contributed by atoms with E-state index in [4.69, 9.17) is 5.11 Å². The minimum absolute atomic E-state index is 0.120. The Bertz CT molecular complexity index is 624. The van der Waals surface area contributed by atoms with Crippen LogP contribution in [0.4, 0.5) is 24.5 Å².